The van der Waals surface area contributed by atoms with Crippen molar-refractivity contribution in [1.82, 2.24) is 5.32 Å². The third kappa shape index (κ3) is 7.26. The molecule has 1 heterocycles. The van der Waals surface area contributed by atoms with E-state index in [2.05, 4.69) is 5.32 Å². The Hall–Kier alpha value is -4.70. The molecule has 0 aromatic heterocycles. The van der Waals surface area contributed by atoms with Gasteiger partial charge in [-0.15, -0.1) is 0 Å². The first-order valence-corrected chi connectivity index (χ1v) is 14.3. The molecule has 0 aliphatic carbocycles. The number of methoxy groups -OCH3 is 2. The zero-order valence-electron chi connectivity index (χ0n) is 25.4. The maximum Gasteiger partial charge on any atom is 0.327 e. The molecule has 1 fully saturated rings. The number of benzene rings is 3. The van der Waals surface area contributed by atoms with E-state index in [0.717, 1.165) is 16.8 Å². The Bertz CT molecular complexity index is 1430. The Kier molecular flexibility index (Phi) is 10.7. The van der Waals surface area contributed by atoms with Gasteiger partial charge >= 0.3 is 23.9 Å². The number of esters is 4. The summed E-state index contributed by atoms with van der Waals surface area (Å²) in [7, 11) is 6.23. The van der Waals surface area contributed by atoms with Gasteiger partial charge in [0.15, 0.2) is 0 Å². The van der Waals surface area contributed by atoms with Crippen LogP contribution in [0.3, 0.4) is 0 Å². The van der Waals surface area contributed by atoms with Crippen LogP contribution in [0.2, 0.25) is 0 Å². The molecule has 10 nitrogen and oxygen atoms in total. The third-order valence-corrected chi connectivity index (χ3v) is 7.91. The number of hydrogen-bond donors (Lipinski definition) is 1. The third-order valence-electron chi connectivity index (χ3n) is 7.91. The molecule has 1 N–H and O–H groups in total. The second kappa shape index (κ2) is 14.7. The fraction of sp³-hybridized carbons (Fsp3) is 0.353. The molecule has 4 atom stereocenters. The molecule has 1 aliphatic heterocycles. The molecular formula is C34H38N2O8. The second-order valence-electron chi connectivity index (χ2n) is 10.8. The minimum atomic E-state index is -1.81. The molecule has 0 bridgehead atoms. The lowest BCUT2D eigenvalue weighted by molar-refractivity contribution is -0.168. The maximum absolute atomic E-state index is 14.1. The molecule has 232 valence electrons. The van der Waals surface area contributed by atoms with Gasteiger partial charge in [0.25, 0.3) is 0 Å². The van der Waals surface area contributed by atoms with E-state index in [1.54, 1.807) is 12.1 Å². The number of nitrogens with zero attached hydrogens (tertiary/aromatic N) is 1. The lowest BCUT2D eigenvalue weighted by Crippen LogP contribution is -2.56. The van der Waals surface area contributed by atoms with Crippen molar-refractivity contribution in [2.24, 2.45) is 11.8 Å². The van der Waals surface area contributed by atoms with Gasteiger partial charge < -0.3 is 23.8 Å². The fourth-order valence-electron chi connectivity index (χ4n) is 5.59. The molecule has 1 saturated heterocycles. The van der Waals surface area contributed by atoms with Crippen LogP contribution < -0.4 is 10.2 Å². The summed E-state index contributed by atoms with van der Waals surface area (Å²) in [6.45, 7) is -0.125. The highest BCUT2D eigenvalue weighted by molar-refractivity contribution is 5.94. The van der Waals surface area contributed by atoms with Crippen LogP contribution in [0.15, 0.2) is 84.9 Å². The number of anilines is 1. The molecule has 10 heteroatoms. The van der Waals surface area contributed by atoms with E-state index in [0.29, 0.717) is 5.56 Å². The minimum Gasteiger partial charge on any atom is -0.469 e. The summed E-state index contributed by atoms with van der Waals surface area (Å²) >= 11 is 0. The van der Waals surface area contributed by atoms with Crippen LogP contribution in [0, 0.1) is 11.8 Å². The minimum absolute atomic E-state index is 0.0401. The van der Waals surface area contributed by atoms with Crippen molar-refractivity contribution < 1.29 is 38.1 Å². The first kappa shape index (κ1) is 32.2. The number of carbonyl (C=O) groups is 4. The van der Waals surface area contributed by atoms with Gasteiger partial charge in [-0.3, -0.25) is 24.5 Å². The van der Waals surface area contributed by atoms with Crippen molar-refractivity contribution >= 4 is 29.6 Å². The van der Waals surface area contributed by atoms with E-state index in [1.165, 1.54) is 14.2 Å². The predicted molar refractivity (Wildman–Crippen MR) is 162 cm³/mol. The van der Waals surface area contributed by atoms with Crippen molar-refractivity contribution in [3.63, 3.8) is 0 Å². The van der Waals surface area contributed by atoms with Gasteiger partial charge in [-0.05, 0) is 35.2 Å². The summed E-state index contributed by atoms with van der Waals surface area (Å²) in [5.74, 6) is -5.50. The Morgan fingerprint density at radius 2 is 1.30 bits per heavy atom. The largest absolute Gasteiger partial charge is 0.469 e. The lowest BCUT2D eigenvalue weighted by Gasteiger charge is -2.32. The number of hydrogen-bond acceptors (Lipinski definition) is 10. The SMILES string of the molecule is COC(=O)CC[C@]1(C(=O)OC)N[C@@H](c2ccc(N(C)C)cc2)[C@@H](C(=O)OCc2ccccc2)[C@H]1C(=O)OCc1ccccc1. The van der Waals surface area contributed by atoms with Crippen molar-refractivity contribution in [1.29, 1.82) is 0 Å². The van der Waals surface area contributed by atoms with Gasteiger partial charge in [-0.2, -0.15) is 0 Å². The molecule has 1 aliphatic rings. The van der Waals surface area contributed by atoms with Crippen LogP contribution in [0.4, 0.5) is 5.69 Å². The molecule has 3 aromatic carbocycles. The summed E-state index contributed by atoms with van der Waals surface area (Å²) in [5.41, 5.74) is 1.23. The fourth-order valence-corrected chi connectivity index (χ4v) is 5.59. The predicted octanol–water partition coefficient (Wildman–Crippen LogP) is 3.98. The average molecular weight is 603 g/mol. The van der Waals surface area contributed by atoms with Crippen LogP contribution in [0.1, 0.15) is 35.6 Å². The van der Waals surface area contributed by atoms with Crippen LogP contribution in [-0.2, 0) is 51.3 Å². The van der Waals surface area contributed by atoms with E-state index in [9.17, 15) is 19.2 Å². The summed E-state index contributed by atoms with van der Waals surface area (Å²) in [6.07, 6.45) is -0.411. The highest BCUT2D eigenvalue weighted by Gasteiger charge is 2.64. The topological polar surface area (TPSA) is 120 Å². The van der Waals surface area contributed by atoms with Crippen LogP contribution in [0.25, 0.3) is 0 Å². The number of nitrogens with one attached hydrogen (secondary N) is 1. The number of carbonyl (C=O) groups excluding carboxylic acids is 4. The first-order valence-electron chi connectivity index (χ1n) is 14.3. The summed E-state index contributed by atoms with van der Waals surface area (Å²) < 4.78 is 21.6. The molecule has 0 spiro atoms. The first-order chi connectivity index (χ1) is 21.2. The smallest absolute Gasteiger partial charge is 0.327 e. The highest BCUT2D eigenvalue weighted by atomic mass is 16.5. The van der Waals surface area contributed by atoms with Gasteiger partial charge in [-0.1, -0.05) is 72.8 Å². The van der Waals surface area contributed by atoms with Gasteiger partial charge in [-0.25, -0.2) is 0 Å². The Balaban J connectivity index is 1.80. The van der Waals surface area contributed by atoms with Crippen molar-refractivity contribution in [3.05, 3.63) is 102 Å². The van der Waals surface area contributed by atoms with Gasteiger partial charge in [0.2, 0.25) is 0 Å². The van der Waals surface area contributed by atoms with E-state index >= 15 is 0 Å². The van der Waals surface area contributed by atoms with E-state index < -0.39 is 47.3 Å². The molecule has 0 radical (unpaired) electrons. The summed E-state index contributed by atoms with van der Waals surface area (Å²) in [6, 6.07) is 24.7. The van der Waals surface area contributed by atoms with E-state index in [-0.39, 0.29) is 26.1 Å². The maximum atomic E-state index is 14.1. The molecular weight excluding hydrogens is 564 g/mol. The standard InChI is InChI=1S/C34H38N2O8/c1-36(2)26-17-15-25(16-18-26)30-28(31(38)43-21-23-11-7-5-8-12-23)29(32(39)44-22-24-13-9-6-10-14-24)34(35-30,33(40)42-4)20-19-27(37)41-3/h5-18,28-30,35H,19-22H2,1-4H3/t28-,29-,30-,34-/m0/s1. The number of ether oxygens (including phenoxy) is 4. The monoisotopic (exact) mass is 602 g/mol. The van der Waals surface area contributed by atoms with Crippen LogP contribution in [0.5, 0.6) is 0 Å². The zero-order valence-corrected chi connectivity index (χ0v) is 25.4. The second-order valence-corrected chi connectivity index (χ2v) is 10.8. The quantitative estimate of drug-likeness (QED) is 0.241. The Morgan fingerprint density at radius 1 is 0.750 bits per heavy atom. The van der Waals surface area contributed by atoms with Gasteiger partial charge in [0, 0.05) is 32.2 Å². The van der Waals surface area contributed by atoms with Gasteiger partial charge in [0.1, 0.15) is 24.7 Å². The molecule has 3 aromatic rings. The molecule has 44 heavy (non-hydrogen) atoms. The molecule has 0 amide bonds. The van der Waals surface area contributed by atoms with Crippen molar-refractivity contribution in [2.75, 3.05) is 33.2 Å². The molecule has 4 rings (SSSR count). The summed E-state index contributed by atoms with van der Waals surface area (Å²) in [4.78, 5) is 56.1. The van der Waals surface area contributed by atoms with E-state index in [1.807, 2.05) is 91.8 Å². The molecule has 0 saturated carbocycles. The van der Waals surface area contributed by atoms with Crippen LogP contribution in [-0.4, -0.2) is 57.7 Å². The van der Waals surface area contributed by atoms with Crippen LogP contribution >= 0.6 is 0 Å². The highest BCUT2D eigenvalue weighted by Crippen LogP contribution is 2.47. The summed E-state index contributed by atoms with van der Waals surface area (Å²) in [5, 5.41) is 3.26. The van der Waals surface area contributed by atoms with Crippen molar-refractivity contribution in [3.8, 4) is 0 Å². The molecule has 0 unspecified atom stereocenters. The van der Waals surface area contributed by atoms with E-state index in [4.69, 9.17) is 18.9 Å². The zero-order chi connectivity index (χ0) is 31.7. The number of rotatable bonds is 12. The Morgan fingerprint density at radius 3 is 1.80 bits per heavy atom. The average Bonchev–Trinajstić information content (AvgIpc) is 3.42. The Labute approximate surface area is 257 Å². The normalized spacial score (nSPS) is 20.8. The van der Waals surface area contributed by atoms with Crippen molar-refractivity contribution in [2.45, 2.75) is 37.6 Å². The van der Waals surface area contributed by atoms with Gasteiger partial charge in [0.05, 0.1) is 20.1 Å². The lowest BCUT2D eigenvalue weighted by atomic mass is 9.75.